The van der Waals surface area contributed by atoms with Gasteiger partial charge >= 0.3 is 0 Å². The Bertz CT molecular complexity index is 561. The Morgan fingerprint density at radius 2 is 1.95 bits per heavy atom. The van der Waals surface area contributed by atoms with Gasteiger partial charge in [-0.15, -0.1) is 0 Å². The number of rotatable bonds is 7. The summed E-state index contributed by atoms with van der Waals surface area (Å²) in [5.74, 6) is 0.286. The van der Waals surface area contributed by atoms with E-state index in [1.165, 1.54) is 16.3 Å². The predicted molar refractivity (Wildman–Crippen MR) is 86.9 cm³/mol. The van der Waals surface area contributed by atoms with Crippen LogP contribution in [-0.2, 0) is 10.0 Å². The van der Waals surface area contributed by atoms with Gasteiger partial charge in [0.05, 0.1) is 12.6 Å². The van der Waals surface area contributed by atoms with Gasteiger partial charge in [0.2, 0.25) is 10.0 Å². The zero-order valence-corrected chi connectivity index (χ0v) is 15.1. The fraction of sp³-hybridized carbons (Fsp3) is 0.800. The lowest BCUT2D eigenvalue weighted by molar-refractivity contribution is 0.228. The summed E-state index contributed by atoms with van der Waals surface area (Å²) in [6, 6.07) is 0.354. The molecule has 5 nitrogen and oxygen atoms in total. The molecule has 0 saturated heterocycles. The van der Waals surface area contributed by atoms with Crippen molar-refractivity contribution in [3.63, 3.8) is 0 Å². The van der Waals surface area contributed by atoms with Crippen LogP contribution in [0.3, 0.4) is 0 Å². The minimum absolute atomic E-state index is 0.286. The van der Waals surface area contributed by atoms with Crippen molar-refractivity contribution < 1.29 is 8.42 Å². The third-order valence-corrected chi connectivity index (χ3v) is 5.75. The van der Waals surface area contributed by atoms with Crippen molar-refractivity contribution in [2.45, 2.75) is 65.0 Å². The highest BCUT2D eigenvalue weighted by molar-refractivity contribution is 7.88. The van der Waals surface area contributed by atoms with E-state index in [1.54, 1.807) is 7.05 Å². The smallest absolute Gasteiger partial charge is 0.211 e. The second kappa shape index (κ2) is 6.48. The van der Waals surface area contributed by atoms with Crippen LogP contribution >= 0.6 is 0 Å². The second-order valence-electron chi connectivity index (χ2n) is 6.67. The van der Waals surface area contributed by atoms with Crippen molar-refractivity contribution in [1.82, 2.24) is 13.9 Å². The number of hydrogen-bond acceptors (Lipinski definition) is 3. The maximum atomic E-state index is 11.8. The van der Waals surface area contributed by atoms with Gasteiger partial charge in [0.15, 0.2) is 0 Å². The second-order valence-corrected chi connectivity index (χ2v) is 8.69. The molecule has 0 aliphatic rings. The van der Waals surface area contributed by atoms with Crippen LogP contribution in [0.25, 0.3) is 0 Å². The van der Waals surface area contributed by atoms with Crippen LogP contribution in [0.5, 0.6) is 0 Å². The maximum Gasteiger partial charge on any atom is 0.211 e. The van der Waals surface area contributed by atoms with E-state index >= 15 is 0 Å². The molecule has 1 aromatic rings. The van der Waals surface area contributed by atoms with Gasteiger partial charge in [0.1, 0.15) is 0 Å². The van der Waals surface area contributed by atoms with E-state index in [2.05, 4.69) is 30.3 Å². The summed E-state index contributed by atoms with van der Waals surface area (Å²) in [5, 5.41) is 0. The summed E-state index contributed by atoms with van der Waals surface area (Å²) in [6.45, 7) is 10.4. The molecule has 0 saturated carbocycles. The highest BCUT2D eigenvalue weighted by Crippen LogP contribution is 2.33. The van der Waals surface area contributed by atoms with Gasteiger partial charge in [-0.3, -0.25) is 0 Å². The third kappa shape index (κ3) is 4.30. The van der Waals surface area contributed by atoms with E-state index in [1.807, 2.05) is 26.4 Å². The molecule has 0 fully saturated rings. The summed E-state index contributed by atoms with van der Waals surface area (Å²) in [7, 11) is -1.54. The van der Waals surface area contributed by atoms with E-state index in [0.717, 1.165) is 12.8 Å². The number of aromatic nitrogens is 2. The summed E-state index contributed by atoms with van der Waals surface area (Å²) in [4.78, 5) is 4.27. The summed E-state index contributed by atoms with van der Waals surface area (Å²) in [5.41, 5.74) is 0.753. The van der Waals surface area contributed by atoms with E-state index < -0.39 is 15.6 Å². The van der Waals surface area contributed by atoms with Gasteiger partial charge in [-0.1, -0.05) is 6.92 Å². The zero-order valence-electron chi connectivity index (χ0n) is 14.3. The summed E-state index contributed by atoms with van der Waals surface area (Å²) < 4.78 is 27.3. The molecule has 0 bridgehead atoms. The normalized spacial score (nSPS) is 14.9. The van der Waals surface area contributed by atoms with Crippen LogP contribution in [0.1, 0.15) is 65.1 Å². The standard InChI is InChI=1S/C15H29N3O2S/c1-8-13(14-10-16-11-18(14)12(2)3)9-15(4,5)17(6)21(7,19)20/h10-13H,8-9H2,1-7H3/t13-/m1/s1. The fourth-order valence-corrected chi connectivity index (χ4v) is 3.67. The topological polar surface area (TPSA) is 55.2 Å². The van der Waals surface area contributed by atoms with Crippen molar-refractivity contribution in [3.05, 3.63) is 18.2 Å². The molecule has 0 amide bonds. The molecular formula is C15H29N3O2S. The minimum atomic E-state index is -3.20. The van der Waals surface area contributed by atoms with Crippen LogP contribution in [0.2, 0.25) is 0 Å². The molecular weight excluding hydrogens is 286 g/mol. The van der Waals surface area contributed by atoms with Crippen molar-refractivity contribution in [3.8, 4) is 0 Å². The van der Waals surface area contributed by atoms with E-state index in [0.29, 0.717) is 6.04 Å². The van der Waals surface area contributed by atoms with Crippen molar-refractivity contribution >= 4 is 10.0 Å². The molecule has 0 unspecified atom stereocenters. The average Bonchev–Trinajstić information content (AvgIpc) is 2.83. The Hall–Kier alpha value is -0.880. The molecule has 1 rings (SSSR count). The summed E-state index contributed by atoms with van der Waals surface area (Å²) >= 11 is 0. The molecule has 1 aromatic heterocycles. The van der Waals surface area contributed by atoms with Gasteiger partial charge in [-0.25, -0.2) is 13.4 Å². The molecule has 1 atom stereocenters. The van der Waals surface area contributed by atoms with Gasteiger partial charge in [-0.2, -0.15) is 4.31 Å². The quantitative estimate of drug-likeness (QED) is 0.777. The van der Waals surface area contributed by atoms with Gasteiger partial charge in [-0.05, 0) is 40.5 Å². The molecule has 0 aliphatic carbocycles. The van der Waals surface area contributed by atoms with Crippen LogP contribution in [0, 0.1) is 0 Å². The monoisotopic (exact) mass is 315 g/mol. The lowest BCUT2D eigenvalue weighted by Crippen LogP contribution is -2.45. The van der Waals surface area contributed by atoms with Crippen LogP contribution in [0.15, 0.2) is 12.5 Å². The SMILES string of the molecule is CC[C@H](CC(C)(C)N(C)S(C)(=O)=O)c1cncn1C(C)C. The predicted octanol–water partition coefficient (Wildman–Crippen LogP) is 3.02. The first-order valence-corrected chi connectivity index (χ1v) is 9.31. The molecule has 0 aliphatic heterocycles. The van der Waals surface area contributed by atoms with Crippen molar-refractivity contribution in [1.29, 1.82) is 0 Å². The Morgan fingerprint density at radius 3 is 2.38 bits per heavy atom. The first kappa shape index (κ1) is 18.2. The maximum absolute atomic E-state index is 11.8. The number of sulfonamides is 1. The highest BCUT2D eigenvalue weighted by Gasteiger charge is 2.33. The minimum Gasteiger partial charge on any atom is -0.332 e. The Morgan fingerprint density at radius 1 is 1.38 bits per heavy atom. The molecule has 0 N–H and O–H groups in total. The molecule has 1 heterocycles. The highest BCUT2D eigenvalue weighted by atomic mass is 32.2. The Labute approximate surface area is 129 Å². The molecule has 6 heteroatoms. The first-order valence-electron chi connectivity index (χ1n) is 7.46. The van der Waals surface area contributed by atoms with E-state index in [4.69, 9.17) is 0 Å². The number of hydrogen-bond donors (Lipinski definition) is 0. The van der Waals surface area contributed by atoms with Crippen molar-refractivity contribution in [2.75, 3.05) is 13.3 Å². The number of nitrogens with zero attached hydrogens (tertiary/aromatic N) is 3. The van der Waals surface area contributed by atoms with Gasteiger partial charge in [0, 0.05) is 36.4 Å². The molecule has 0 spiro atoms. The van der Waals surface area contributed by atoms with Crippen molar-refractivity contribution in [2.24, 2.45) is 0 Å². The molecule has 0 radical (unpaired) electrons. The van der Waals surface area contributed by atoms with Gasteiger partial charge < -0.3 is 4.57 Å². The largest absolute Gasteiger partial charge is 0.332 e. The van der Waals surface area contributed by atoms with E-state index in [9.17, 15) is 8.42 Å². The third-order valence-electron chi connectivity index (χ3n) is 4.26. The first-order chi connectivity index (χ1) is 9.50. The number of imidazole rings is 1. The fourth-order valence-electron chi connectivity index (χ4n) is 2.70. The Balaban J connectivity index is 3.04. The van der Waals surface area contributed by atoms with Crippen LogP contribution in [-0.4, -0.2) is 41.1 Å². The average molecular weight is 315 g/mol. The van der Waals surface area contributed by atoms with Crippen LogP contribution < -0.4 is 0 Å². The molecule has 122 valence electrons. The zero-order chi connectivity index (χ0) is 16.4. The van der Waals surface area contributed by atoms with Gasteiger partial charge in [0.25, 0.3) is 0 Å². The van der Waals surface area contributed by atoms with Crippen LogP contribution in [0.4, 0.5) is 0 Å². The molecule has 0 aromatic carbocycles. The molecule has 21 heavy (non-hydrogen) atoms. The lowest BCUT2D eigenvalue weighted by Gasteiger charge is -2.36. The Kier molecular flexibility index (Phi) is 5.61. The van der Waals surface area contributed by atoms with E-state index in [-0.39, 0.29) is 5.92 Å². The lowest BCUT2D eigenvalue weighted by atomic mass is 9.87. The summed E-state index contributed by atoms with van der Waals surface area (Å²) in [6.07, 6.45) is 6.75.